The van der Waals surface area contributed by atoms with Crippen molar-refractivity contribution < 1.29 is 23.0 Å². The Morgan fingerprint density at radius 1 is 1.29 bits per heavy atom. The van der Waals surface area contributed by atoms with Crippen LogP contribution in [0.4, 0.5) is 30.8 Å². The molecule has 2 fully saturated rings. The highest BCUT2D eigenvalue weighted by molar-refractivity contribution is 6.31. The second-order valence-corrected chi connectivity index (χ2v) is 7.73. The summed E-state index contributed by atoms with van der Waals surface area (Å²) in [6.45, 7) is 1.51. The molecule has 0 bridgehead atoms. The van der Waals surface area contributed by atoms with Gasteiger partial charge in [0.25, 0.3) is 0 Å². The van der Waals surface area contributed by atoms with Crippen LogP contribution in [0, 0.1) is 11.6 Å². The lowest BCUT2D eigenvalue weighted by molar-refractivity contribution is 0.0142. The van der Waals surface area contributed by atoms with Gasteiger partial charge in [-0.25, -0.2) is 23.5 Å². The summed E-state index contributed by atoms with van der Waals surface area (Å²) in [4.78, 5) is 22.5. The maximum atomic E-state index is 14.4. The first kappa shape index (κ1) is 19.7. The van der Waals surface area contributed by atoms with Crippen LogP contribution in [-0.4, -0.2) is 48.4 Å². The number of amides is 1. The molecular formula is C20H16ClF2N5O3. The molecule has 11 heteroatoms. The average Bonchev–Trinajstić information content (AvgIpc) is 3.11. The summed E-state index contributed by atoms with van der Waals surface area (Å²) < 4.78 is 38.9. The number of hydrogen-bond donors (Lipinski definition) is 2. The molecule has 160 valence electrons. The molecular weight excluding hydrogens is 432 g/mol. The van der Waals surface area contributed by atoms with Crippen LogP contribution in [0.2, 0.25) is 5.02 Å². The van der Waals surface area contributed by atoms with Gasteiger partial charge in [0.2, 0.25) is 0 Å². The fourth-order valence-corrected chi connectivity index (χ4v) is 3.86. The van der Waals surface area contributed by atoms with E-state index in [-0.39, 0.29) is 11.5 Å². The van der Waals surface area contributed by atoms with Crippen LogP contribution in [0.3, 0.4) is 0 Å². The highest BCUT2D eigenvalue weighted by Gasteiger charge is 2.50. The molecule has 1 aromatic heterocycles. The Labute approximate surface area is 180 Å². The maximum absolute atomic E-state index is 14.4. The van der Waals surface area contributed by atoms with Gasteiger partial charge in [-0.05, 0) is 18.2 Å². The van der Waals surface area contributed by atoms with Crippen LogP contribution < -0.4 is 20.3 Å². The molecule has 3 aromatic rings. The second-order valence-electron chi connectivity index (χ2n) is 7.35. The summed E-state index contributed by atoms with van der Waals surface area (Å²) in [7, 11) is 1.49. The minimum atomic E-state index is -0.940. The first-order valence-electron chi connectivity index (χ1n) is 9.35. The summed E-state index contributed by atoms with van der Waals surface area (Å²) in [6.07, 6.45) is 0.813. The zero-order chi connectivity index (χ0) is 21.8. The van der Waals surface area contributed by atoms with Gasteiger partial charge < -0.3 is 20.1 Å². The van der Waals surface area contributed by atoms with E-state index in [4.69, 9.17) is 21.1 Å². The molecule has 0 unspecified atom stereocenters. The number of fused-ring (bicyclic) bond motifs is 1. The lowest BCUT2D eigenvalue weighted by Gasteiger charge is -2.36. The standard InChI is InChI=1S/C20H16ClF2N5O3/c1-30-15-5-13-10(4-14(15)28-8-20(6-24-7-20)31-19(28)29)18(26-9-25-13)27-12-3-2-11(22)16(21)17(12)23/h2-5,9,24H,6-8H2,1H3,(H,25,26,27). The predicted octanol–water partition coefficient (Wildman–Crippen LogP) is 3.61. The van der Waals surface area contributed by atoms with Crippen LogP contribution in [0.5, 0.6) is 5.75 Å². The first-order chi connectivity index (χ1) is 14.9. The zero-order valence-corrected chi connectivity index (χ0v) is 17.0. The monoisotopic (exact) mass is 447 g/mol. The summed E-state index contributed by atoms with van der Waals surface area (Å²) in [5, 5.41) is 5.81. The van der Waals surface area contributed by atoms with Crippen molar-refractivity contribution in [2.75, 3.05) is 37.0 Å². The molecule has 2 N–H and O–H groups in total. The Hall–Kier alpha value is -3.24. The lowest BCUT2D eigenvalue weighted by atomic mass is 9.97. The van der Waals surface area contributed by atoms with Crippen molar-refractivity contribution in [1.29, 1.82) is 0 Å². The molecule has 0 saturated carbocycles. The van der Waals surface area contributed by atoms with Crippen molar-refractivity contribution in [3.63, 3.8) is 0 Å². The summed E-state index contributed by atoms with van der Waals surface area (Å²) in [5.41, 5.74) is 0.363. The Balaban J connectivity index is 1.59. The van der Waals surface area contributed by atoms with E-state index in [9.17, 15) is 13.6 Å². The number of aromatic nitrogens is 2. The van der Waals surface area contributed by atoms with Gasteiger partial charge in [-0.2, -0.15) is 0 Å². The third kappa shape index (κ3) is 3.19. The van der Waals surface area contributed by atoms with Gasteiger partial charge >= 0.3 is 6.09 Å². The molecule has 1 spiro atoms. The molecule has 2 saturated heterocycles. The number of halogens is 3. The first-order valence-corrected chi connectivity index (χ1v) is 9.73. The SMILES string of the molecule is COc1cc2ncnc(Nc3ccc(F)c(Cl)c3F)c2cc1N1CC2(CNC2)OC1=O. The summed E-state index contributed by atoms with van der Waals surface area (Å²) in [6, 6.07) is 5.60. The quantitative estimate of drug-likeness (QED) is 0.590. The highest BCUT2D eigenvalue weighted by atomic mass is 35.5. The van der Waals surface area contributed by atoms with E-state index in [1.807, 2.05) is 0 Å². The van der Waals surface area contributed by atoms with Crippen LogP contribution in [0.25, 0.3) is 10.9 Å². The molecule has 0 atom stereocenters. The number of benzene rings is 2. The van der Waals surface area contributed by atoms with E-state index in [0.29, 0.717) is 42.0 Å². The van der Waals surface area contributed by atoms with Gasteiger partial charge in [-0.1, -0.05) is 11.6 Å². The zero-order valence-electron chi connectivity index (χ0n) is 16.2. The fourth-order valence-electron chi connectivity index (χ4n) is 3.69. The van der Waals surface area contributed by atoms with Gasteiger partial charge in [-0.3, -0.25) is 4.90 Å². The molecule has 8 nitrogen and oxygen atoms in total. The van der Waals surface area contributed by atoms with Crippen molar-refractivity contribution in [3.8, 4) is 5.75 Å². The Morgan fingerprint density at radius 2 is 2.10 bits per heavy atom. The van der Waals surface area contributed by atoms with E-state index >= 15 is 0 Å². The Bertz CT molecular complexity index is 1220. The van der Waals surface area contributed by atoms with Crippen molar-refractivity contribution in [1.82, 2.24) is 15.3 Å². The van der Waals surface area contributed by atoms with Gasteiger partial charge in [0.05, 0.1) is 30.5 Å². The molecule has 2 aromatic carbocycles. The van der Waals surface area contributed by atoms with E-state index in [2.05, 4.69) is 20.6 Å². The average molecular weight is 448 g/mol. The maximum Gasteiger partial charge on any atom is 0.415 e. The van der Waals surface area contributed by atoms with E-state index < -0.39 is 28.4 Å². The van der Waals surface area contributed by atoms with Crippen LogP contribution >= 0.6 is 11.6 Å². The van der Waals surface area contributed by atoms with Crippen LogP contribution in [0.15, 0.2) is 30.6 Å². The number of nitrogens with zero attached hydrogens (tertiary/aromatic N) is 3. The minimum Gasteiger partial charge on any atom is -0.494 e. The smallest absolute Gasteiger partial charge is 0.415 e. The number of hydrogen-bond acceptors (Lipinski definition) is 7. The molecule has 2 aliphatic rings. The van der Waals surface area contributed by atoms with Gasteiger partial charge in [0.15, 0.2) is 11.4 Å². The topological polar surface area (TPSA) is 88.6 Å². The second kappa shape index (κ2) is 7.17. The van der Waals surface area contributed by atoms with E-state index in [1.54, 1.807) is 12.1 Å². The summed E-state index contributed by atoms with van der Waals surface area (Å²) in [5.74, 6) is -1.13. The fraction of sp³-hybridized carbons (Fsp3) is 0.250. The molecule has 0 radical (unpaired) electrons. The Kier molecular flexibility index (Phi) is 4.56. The number of ether oxygens (including phenoxy) is 2. The number of carbonyl (C=O) groups excluding carboxylic acids is 1. The number of anilines is 3. The van der Waals surface area contributed by atoms with Crippen molar-refractivity contribution in [3.05, 3.63) is 47.2 Å². The normalized spacial score (nSPS) is 17.0. The number of rotatable bonds is 4. The lowest BCUT2D eigenvalue weighted by Crippen LogP contribution is -2.61. The van der Waals surface area contributed by atoms with Crippen LogP contribution in [-0.2, 0) is 4.74 Å². The molecule has 3 heterocycles. The molecule has 0 aliphatic carbocycles. The van der Waals surface area contributed by atoms with E-state index in [0.717, 1.165) is 6.07 Å². The third-order valence-corrected chi connectivity index (χ3v) is 5.73. The van der Waals surface area contributed by atoms with Crippen LogP contribution in [0.1, 0.15) is 0 Å². The van der Waals surface area contributed by atoms with Gasteiger partial charge in [0.1, 0.15) is 28.7 Å². The van der Waals surface area contributed by atoms with Gasteiger partial charge in [0, 0.05) is 24.5 Å². The minimum absolute atomic E-state index is 0.0520. The largest absolute Gasteiger partial charge is 0.494 e. The van der Waals surface area contributed by atoms with Crippen molar-refractivity contribution in [2.45, 2.75) is 5.60 Å². The van der Waals surface area contributed by atoms with Crippen molar-refractivity contribution >= 4 is 45.8 Å². The molecule has 2 aliphatic heterocycles. The van der Waals surface area contributed by atoms with Crippen molar-refractivity contribution in [2.24, 2.45) is 0 Å². The van der Waals surface area contributed by atoms with Gasteiger partial charge in [-0.15, -0.1) is 0 Å². The van der Waals surface area contributed by atoms with E-state index in [1.165, 1.54) is 24.4 Å². The number of methoxy groups -OCH3 is 1. The third-order valence-electron chi connectivity index (χ3n) is 5.38. The summed E-state index contributed by atoms with van der Waals surface area (Å²) >= 11 is 5.68. The Morgan fingerprint density at radius 3 is 2.77 bits per heavy atom. The number of carbonyl (C=O) groups is 1. The molecule has 31 heavy (non-hydrogen) atoms. The highest BCUT2D eigenvalue weighted by Crippen LogP contribution is 2.40. The number of nitrogens with one attached hydrogen (secondary N) is 2. The predicted molar refractivity (Wildman–Crippen MR) is 110 cm³/mol. The molecule has 1 amide bonds. The molecule has 5 rings (SSSR count).